The van der Waals surface area contributed by atoms with Crippen molar-refractivity contribution in [1.29, 1.82) is 0 Å². The van der Waals surface area contributed by atoms with Gasteiger partial charge in [0.15, 0.2) is 5.75 Å². The predicted molar refractivity (Wildman–Crippen MR) is 123 cm³/mol. The van der Waals surface area contributed by atoms with Crippen LogP contribution in [-0.4, -0.2) is 19.9 Å². The first kappa shape index (κ1) is 17.6. The number of nitrogens with one attached hydrogen (secondary N) is 2. The number of H-pyrrole nitrogens is 2. The second-order valence-corrected chi connectivity index (χ2v) is 8.47. The number of fused-ring (bicyclic) bond motifs is 8. The molecular weight excluding hydrogens is 400 g/mol. The number of hydrogen-bond acceptors (Lipinski definition) is 4. The molecule has 156 valence electrons. The van der Waals surface area contributed by atoms with E-state index in [-0.39, 0.29) is 0 Å². The number of aromatic nitrogens is 4. The van der Waals surface area contributed by atoms with Gasteiger partial charge in [-0.2, -0.15) is 0 Å². The predicted octanol–water partition coefficient (Wildman–Crippen LogP) is 5.69. The summed E-state index contributed by atoms with van der Waals surface area (Å²) in [6.07, 6.45) is 0. The minimum Gasteiger partial charge on any atom is -0.487 e. The Morgan fingerprint density at radius 1 is 0.750 bits per heavy atom. The van der Waals surface area contributed by atoms with E-state index in [1.807, 2.05) is 13.8 Å². The van der Waals surface area contributed by atoms with Gasteiger partial charge in [0.25, 0.3) is 0 Å². The van der Waals surface area contributed by atoms with Crippen LogP contribution in [0, 0.1) is 13.8 Å². The van der Waals surface area contributed by atoms with Crippen LogP contribution < -0.4 is 9.47 Å². The zero-order valence-electron chi connectivity index (χ0n) is 17.7. The van der Waals surface area contributed by atoms with Gasteiger partial charge in [-0.1, -0.05) is 18.2 Å². The van der Waals surface area contributed by atoms with Crippen LogP contribution in [0.5, 0.6) is 11.5 Å². The molecule has 3 aromatic carbocycles. The number of benzene rings is 3. The highest BCUT2D eigenvalue weighted by atomic mass is 16.5. The van der Waals surface area contributed by atoms with Crippen molar-refractivity contribution in [2.45, 2.75) is 27.1 Å². The molecule has 0 unspecified atom stereocenters. The van der Waals surface area contributed by atoms with Crippen molar-refractivity contribution < 1.29 is 9.47 Å². The fraction of sp³-hybridized carbons (Fsp3) is 0.154. The molecule has 0 aliphatic carbocycles. The Bertz CT molecular complexity index is 1560. The third-order valence-corrected chi connectivity index (χ3v) is 6.33. The molecule has 0 amide bonds. The van der Waals surface area contributed by atoms with Gasteiger partial charge in [-0.25, -0.2) is 9.97 Å². The monoisotopic (exact) mass is 420 g/mol. The Morgan fingerprint density at radius 3 is 2.44 bits per heavy atom. The second-order valence-electron chi connectivity index (χ2n) is 8.47. The summed E-state index contributed by atoms with van der Waals surface area (Å²) in [5.41, 5.74) is 10.7. The number of aryl methyl sites for hydroxylation is 2. The van der Waals surface area contributed by atoms with Crippen molar-refractivity contribution in [3.8, 4) is 45.0 Å². The quantitative estimate of drug-likeness (QED) is 0.365. The first-order valence-corrected chi connectivity index (χ1v) is 10.7. The number of aromatic amines is 2. The summed E-state index contributed by atoms with van der Waals surface area (Å²) >= 11 is 0. The van der Waals surface area contributed by atoms with Crippen LogP contribution in [-0.2, 0) is 13.2 Å². The van der Waals surface area contributed by atoms with E-state index in [4.69, 9.17) is 9.47 Å². The molecule has 2 aliphatic heterocycles. The summed E-state index contributed by atoms with van der Waals surface area (Å²) in [5, 5.41) is 0. The summed E-state index contributed by atoms with van der Waals surface area (Å²) in [7, 11) is 0. The number of imidazole rings is 2. The highest BCUT2D eigenvalue weighted by Gasteiger charge is 2.23. The molecule has 32 heavy (non-hydrogen) atoms. The van der Waals surface area contributed by atoms with Crippen LogP contribution in [0.15, 0.2) is 48.5 Å². The molecule has 0 atom stereocenters. The Labute approximate surface area is 184 Å². The fourth-order valence-electron chi connectivity index (χ4n) is 4.87. The average molecular weight is 420 g/mol. The molecule has 2 N–H and O–H groups in total. The van der Waals surface area contributed by atoms with Crippen LogP contribution in [0.4, 0.5) is 0 Å². The molecule has 0 fully saturated rings. The lowest BCUT2D eigenvalue weighted by Gasteiger charge is -2.22. The molecule has 6 nitrogen and oxygen atoms in total. The highest BCUT2D eigenvalue weighted by Crippen LogP contribution is 2.44. The van der Waals surface area contributed by atoms with Crippen molar-refractivity contribution in [2.24, 2.45) is 0 Å². The summed E-state index contributed by atoms with van der Waals surface area (Å²) in [5.74, 6) is 3.54. The Morgan fingerprint density at radius 2 is 1.53 bits per heavy atom. The maximum absolute atomic E-state index is 6.18. The third-order valence-electron chi connectivity index (χ3n) is 6.33. The lowest BCUT2D eigenvalue weighted by atomic mass is 9.92. The number of rotatable bonds is 1. The minimum absolute atomic E-state index is 0.516. The molecule has 0 bridgehead atoms. The smallest absolute Gasteiger partial charge is 0.155 e. The lowest BCUT2D eigenvalue weighted by Crippen LogP contribution is -2.06. The minimum atomic E-state index is 0.516. The largest absolute Gasteiger partial charge is 0.487 e. The number of nitrogens with zero attached hydrogens (tertiary/aromatic N) is 2. The van der Waals surface area contributed by atoms with Gasteiger partial charge in [-0.05, 0) is 66.4 Å². The van der Waals surface area contributed by atoms with E-state index in [1.165, 1.54) is 11.1 Å². The van der Waals surface area contributed by atoms with Gasteiger partial charge in [0.1, 0.15) is 36.1 Å². The summed E-state index contributed by atoms with van der Waals surface area (Å²) in [4.78, 5) is 15.8. The molecule has 2 aromatic heterocycles. The SMILES string of the molecule is Cc1nc2c([nH]1)COc1cc(-c3ccc4c(c3)COc3c-4ccc4[nH]c(C)nc34)ccc1-2. The molecule has 0 radical (unpaired) electrons. The second kappa shape index (κ2) is 6.23. The van der Waals surface area contributed by atoms with Crippen molar-refractivity contribution >= 4 is 11.0 Å². The van der Waals surface area contributed by atoms with Crippen LogP contribution in [0.3, 0.4) is 0 Å². The van der Waals surface area contributed by atoms with Gasteiger partial charge in [0.2, 0.25) is 0 Å². The number of hydrogen-bond donors (Lipinski definition) is 2. The van der Waals surface area contributed by atoms with Crippen LogP contribution in [0.1, 0.15) is 22.9 Å². The molecule has 7 rings (SSSR count). The number of ether oxygens (including phenoxy) is 2. The lowest BCUT2D eigenvalue weighted by molar-refractivity contribution is 0.298. The Hall–Kier alpha value is -4.06. The van der Waals surface area contributed by atoms with Crippen LogP contribution in [0.2, 0.25) is 0 Å². The average Bonchev–Trinajstić information content (AvgIpc) is 3.39. The zero-order valence-corrected chi connectivity index (χ0v) is 17.7. The van der Waals surface area contributed by atoms with Crippen molar-refractivity contribution in [1.82, 2.24) is 19.9 Å². The molecular formula is C26H20N4O2. The normalized spacial score (nSPS) is 13.6. The van der Waals surface area contributed by atoms with E-state index in [1.54, 1.807) is 0 Å². The van der Waals surface area contributed by atoms with Gasteiger partial charge in [0.05, 0.1) is 16.9 Å². The van der Waals surface area contributed by atoms with E-state index < -0.39 is 0 Å². The zero-order chi connectivity index (χ0) is 21.4. The van der Waals surface area contributed by atoms with Crippen molar-refractivity contribution in [3.05, 3.63) is 71.4 Å². The van der Waals surface area contributed by atoms with Crippen molar-refractivity contribution in [2.75, 3.05) is 0 Å². The summed E-state index contributed by atoms with van der Waals surface area (Å²) in [6, 6.07) is 17.1. The van der Waals surface area contributed by atoms with Crippen LogP contribution in [0.25, 0.3) is 44.5 Å². The van der Waals surface area contributed by atoms with Gasteiger partial charge in [-0.3, -0.25) is 0 Å². The van der Waals surface area contributed by atoms with Gasteiger partial charge in [0, 0.05) is 11.1 Å². The molecule has 5 aromatic rings. The standard InChI is InChI=1S/C26H20N4O2/c1-13-27-21-8-7-19-18-5-3-15(9-17(18)11-32-26(19)25(21)30-13)16-4-6-20-23(10-16)31-12-22-24(20)29-14(2)28-22/h3-10H,11-12H2,1-2H3,(H,27,30)(H,28,29). The molecule has 4 heterocycles. The highest BCUT2D eigenvalue weighted by molar-refractivity contribution is 5.92. The van der Waals surface area contributed by atoms with E-state index >= 15 is 0 Å². The Balaban J connectivity index is 1.30. The van der Waals surface area contributed by atoms with Gasteiger partial charge < -0.3 is 19.4 Å². The summed E-state index contributed by atoms with van der Waals surface area (Å²) < 4.78 is 12.2. The van der Waals surface area contributed by atoms with E-state index in [0.29, 0.717) is 13.2 Å². The van der Waals surface area contributed by atoms with Gasteiger partial charge in [-0.15, -0.1) is 0 Å². The van der Waals surface area contributed by atoms with Crippen molar-refractivity contribution in [3.63, 3.8) is 0 Å². The Kier molecular flexibility index (Phi) is 3.43. The molecule has 0 spiro atoms. The maximum Gasteiger partial charge on any atom is 0.155 e. The third kappa shape index (κ3) is 2.46. The first-order chi connectivity index (χ1) is 15.6. The maximum atomic E-state index is 6.18. The molecule has 6 heteroatoms. The summed E-state index contributed by atoms with van der Waals surface area (Å²) in [6.45, 7) is 4.98. The topological polar surface area (TPSA) is 75.8 Å². The van der Waals surface area contributed by atoms with Crippen LogP contribution >= 0.6 is 0 Å². The first-order valence-electron chi connectivity index (χ1n) is 10.7. The molecule has 2 aliphatic rings. The molecule has 0 saturated carbocycles. The fourth-order valence-corrected chi connectivity index (χ4v) is 4.87. The van der Waals surface area contributed by atoms with E-state index in [9.17, 15) is 0 Å². The van der Waals surface area contributed by atoms with E-state index in [2.05, 4.69) is 68.5 Å². The molecule has 0 saturated heterocycles. The van der Waals surface area contributed by atoms with Gasteiger partial charge >= 0.3 is 0 Å². The van der Waals surface area contributed by atoms with E-state index in [0.717, 1.165) is 67.8 Å².